The summed E-state index contributed by atoms with van der Waals surface area (Å²) in [5.41, 5.74) is -0.155. The normalized spacial score (nSPS) is 11.6. The van der Waals surface area contributed by atoms with Crippen LogP contribution in [-0.4, -0.2) is 0 Å². The molecule has 0 aliphatic rings. The van der Waals surface area contributed by atoms with Gasteiger partial charge in [-0.1, -0.05) is 27.7 Å². The molecule has 0 radical (unpaired) electrons. The van der Waals surface area contributed by atoms with Crippen molar-refractivity contribution in [2.45, 2.75) is 39.5 Å². The maximum Gasteiger partial charge on any atom is 0.197 e. The lowest BCUT2D eigenvalue weighted by atomic mass is 9.89. The van der Waals surface area contributed by atoms with Crippen LogP contribution in [0.5, 0.6) is 0 Å². The first-order chi connectivity index (χ1) is 7.29. The van der Waals surface area contributed by atoms with E-state index in [1.54, 1.807) is 27.7 Å². The molecular formula is C12H14F4. The SMILES string of the molecule is CC(C)c1c(F)c(F)c(F)c(F)c1C(C)C. The second-order valence-electron chi connectivity index (χ2n) is 4.39. The van der Waals surface area contributed by atoms with Gasteiger partial charge in [-0.3, -0.25) is 0 Å². The van der Waals surface area contributed by atoms with Gasteiger partial charge < -0.3 is 0 Å². The monoisotopic (exact) mass is 234 g/mol. The van der Waals surface area contributed by atoms with Gasteiger partial charge in [0.1, 0.15) is 0 Å². The Bertz CT molecular complexity index is 369. The van der Waals surface area contributed by atoms with Crippen LogP contribution in [0, 0.1) is 23.3 Å². The van der Waals surface area contributed by atoms with E-state index in [2.05, 4.69) is 0 Å². The third kappa shape index (κ3) is 1.93. The minimum absolute atomic E-state index is 0.0774. The lowest BCUT2D eigenvalue weighted by Gasteiger charge is -2.18. The van der Waals surface area contributed by atoms with Crippen molar-refractivity contribution in [3.8, 4) is 0 Å². The summed E-state index contributed by atoms with van der Waals surface area (Å²) in [4.78, 5) is 0. The van der Waals surface area contributed by atoms with Gasteiger partial charge in [-0.05, 0) is 11.8 Å². The molecule has 0 saturated carbocycles. The molecule has 0 N–H and O–H groups in total. The Hall–Kier alpha value is -1.06. The predicted molar refractivity (Wildman–Crippen MR) is 54.5 cm³/mol. The molecule has 0 spiro atoms. The number of hydrogen-bond donors (Lipinski definition) is 0. The first kappa shape index (κ1) is 13.0. The summed E-state index contributed by atoms with van der Waals surface area (Å²) >= 11 is 0. The molecule has 0 aliphatic heterocycles. The van der Waals surface area contributed by atoms with Gasteiger partial charge in [0.05, 0.1) is 0 Å². The van der Waals surface area contributed by atoms with E-state index in [1.165, 1.54) is 0 Å². The van der Waals surface area contributed by atoms with Crippen molar-refractivity contribution in [1.29, 1.82) is 0 Å². The Morgan fingerprint density at radius 1 is 0.562 bits per heavy atom. The molecule has 0 fully saturated rings. The Kier molecular flexibility index (Phi) is 3.61. The summed E-state index contributed by atoms with van der Waals surface area (Å²) in [5.74, 6) is -6.82. The lowest BCUT2D eigenvalue weighted by molar-refractivity contribution is 0.393. The second kappa shape index (κ2) is 4.44. The van der Waals surface area contributed by atoms with E-state index in [0.717, 1.165) is 0 Å². The summed E-state index contributed by atoms with van der Waals surface area (Å²) in [6.07, 6.45) is 0. The smallest absolute Gasteiger partial charge is 0.197 e. The second-order valence-corrected chi connectivity index (χ2v) is 4.39. The Labute approximate surface area is 92.3 Å². The molecular weight excluding hydrogens is 220 g/mol. The third-order valence-corrected chi connectivity index (χ3v) is 2.50. The molecule has 1 rings (SSSR count). The largest absolute Gasteiger partial charge is 0.203 e. The Balaban J connectivity index is 3.69. The van der Waals surface area contributed by atoms with Crippen LogP contribution in [0.1, 0.15) is 50.7 Å². The van der Waals surface area contributed by atoms with Crippen molar-refractivity contribution in [2.75, 3.05) is 0 Å². The van der Waals surface area contributed by atoms with E-state index >= 15 is 0 Å². The van der Waals surface area contributed by atoms with E-state index < -0.39 is 35.1 Å². The van der Waals surface area contributed by atoms with Crippen molar-refractivity contribution >= 4 is 0 Å². The first-order valence-electron chi connectivity index (χ1n) is 5.14. The molecule has 0 bridgehead atoms. The standard InChI is InChI=1S/C12H14F4/c1-5(2)7-8(6(3)4)10(14)12(16)11(15)9(7)13/h5-6H,1-4H3. The molecule has 0 heterocycles. The fourth-order valence-electron chi connectivity index (χ4n) is 1.79. The molecule has 0 atom stereocenters. The van der Waals surface area contributed by atoms with Crippen molar-refractivity contribution in [2.24, 2.45) is 0 Å². The van der Waals surface area contributed by atoms with E-state index in [-0.39, 0.29) is 11.1 Å². The molecule has 0 saturated heterocycles. The van der Waals surface area contributed by atoms with Gasteiger partial charge in [0.15, 0.2) is 23.3 Å². The maximum atomic E-state index is 13.5. The Morgan fingerprint density at radius 3 is 1.00 bits per heavy atom. The summed E-state index contributed by atoms with van der Waals surface area (Å²) in [6.45, 7) is 6.45. The summed E-state index contributed by atoms with van der Waals surface area (Å²) < 4.78 is 53.2. The molecule has 0 aromatic heterocycles. The van der Waals surface area contributed by atoms with Crippen LogP contribution in [0.4, 0.5) is 17.6 Å². The fraction of sp³-hybridized carbons (Fsp3) is 0.500. The van der Waals surface area contributed by atoms with Crippen LogP contribution in [0.25, 0.3) is 0 Å². The van der Waals surface area contributed by atoms with Crippen LogP contribution in [0.3, 0.4) is 0 Å². The van der Waals surface area contributed by atoms with E-state index in [4.69, 9.17) is 0 Å². The molecule has 0 nitrogen and oxygen atoms in total. The molecule has 0 aliphatic carbocycles. The van der Waals surface area contributed by atoms with Crippen molar-refractivity contribution in [1.82, 2.24) is 0 Å². The van der Waals surface area contributed by atoms with Gasteiger partial charge in [0.25, 0.3) is 0 Å². The van der Waals surface area contributed by atoms with Crippen molar-refractivity contribution in [3.63, 3.8) is 0 Å². The summed E-state index contributed by atoms with van der Waals surface area (Å²) in [7, 11) is 0. The maximum absolute atomic E-state index is 13.5. The predicted octanol–water partition coefficient (Wildman–Crippen LogP) is 4.49. The zero-order valence-electron chi connectivity index (χ0n) is 9.67. The quantitative estimate of drug-likeness (QED) is 0.402. The highest BCUT2D eigenvalue weighted by Gasteiger charge is 2.27. The van der Waals surface area contributed by atoms with Gasteiger partial charge in [0, 0.05) is 11.1 Å². The molecule has 1 aromatic carbocycles. The first-order valence-corrected chi connectivity index (χ1v) is 5.14. The number of hydrogen-bond acceptors (Lipinski definition) is 0. The molecule has 1 aromatic rings. The third-order valence-electron chi connectivity index (χ3n) is 2.50. The summed E-state index contributed by atoms with van der Waals surface area (Å²) in [6, 6.07) is 0. The molecule has 0 unspecified atom stereocenters. The topological polar surface area (TPSA) is 0 Å². The number of rotatable bonds is 2. The minimum Gasteiger partial charge on any atom is -0.203 e. The zero-order valence-corrected chi connectivity index (χ0v) is 9.67. The van der Waals surface area contributed by atoms with Crippen molar-refractivity contribution < 1.29 is 17.6 Å². The molecule has 0 amide bonds. The highest BCUT2D eigenvalue weighted by Crippen LogP contribution is 2.33. The number of benzene rings is 1. The molecule has 90 valence electrons. The average Bonchev–Trinajstić information content (AvgIpc) is 2.18. The van der Waals surface area contributed by atoms with E-state index in [9.17, 15) is 17.6 Å². The van der Waals surface area contributed by atoms with E-state index in [0.29, 0.717) is 0 Å². The highest BCUT2D eigenvalue weighted by atomic mass is 19.2. The van der Waals surface area contributed by atoms with Gasteiger partial charge >= 0.3 is 0 Å². The minimum atomic E-state index is -1.73. The van der Waals surface area contributed by atoms with Crippen LogP contribution in [0.15, 0.2) is 0 Å². The van der Waals surface area contributed by atoms with Crippen LogP contribution in [-0.2, 0) is 0 Å². The van der Waals surface area contributed by atoms with Crippen LogP contribution < -0.4 is 0 Å². The van der Waals surface area contributed by atoms with Crippen LogP contribution in [0.2, 0.25) is 0 Å². The lowest BCUT2D eigenvalue weighted by Crippen LogP contribution is -2.11. The van der Waals surface area contributed by atoms with Crippen LogP contribution >= 0.6 is 0 Å². The highest BCUT2D eigenvalue weighted by molar-refractivity contribution is 5.36. The Morgan fingerprint density at radius 2 is 0.812 bits per heavy atom. The van der Waals surface area contributed by atoms with Gasteiger partial charge in [-0.2, -0.15) is 0 Å². The van der Waals surface area contributed by atoms with Gasteiger partial charge in [-0.25, -0.2) is 17.6 Å². The molecule has 16 heavy (non-hydrogen) atoms. The number of halogens is 4. The fourth-order valence-corrected chi connectivity index (χ4v) is 1.79. The average molecular weight is 234 g/mol. The van der Waals surface area contributed by atoms with Crippen molar-refractivity contribution in [3.05, 3.63) is 34.4 Å². The molecule has 4 heteroatoms. The van der Waals surface area contributed by atoms with Gasteiger partial charge in [-0.15, -0.1) is 0 Å². The van der Waals surface area contributed by atoms with E-state index in [1.807, 2.05) is 0 Å². The zero-order chi connectivity index (χ0) is 12.6. The van der Waals surface area contributed by atoms with Gasteiger partial charge in [0.2, 0.25) is 0 Å². The summed E-state index contributed by atoms with van der Waals surface area (Å²) in [5, 5.41) is 0.